The lowest BCUT2D eigenvalue weighted by Gasteiger charge is -2.23. The third-order valence-electron chi connectivity index (χ3n) is 1.97. The van der Waals surface area contributed by atoms with Crippen LogP contribution in [0.25, 0.3) is 0 Å². The van der Waals surface area contributed by atoms with Gasteiger partial charge in [0.15, 0.2) is 0 Å². The molecule has 2 rings (SSSR count). The Balaban J connectivity index is 2.29. The number of allylic oxidation sites excluding steroid dienone is 2. The molecule has 0 saturated carbocycles. The van der Waals surface area contributed by atoms with Crippen molar-refractivity contribution < 1.29 is 4.79 Å². The smallest absolute Gasteiger partial charge is 0.223 e. The van der Waals surface area contributed by atoms with Crippen LogP contribution in [-0.2, 0) is 4.79 Å². The van der Waals surface area contributed by atoms with E-state index in [2.05, 4.69) is 11.8 Å². The molecule has 0 aromatic heterocycles. The zero-order chi connectivity index (χ0) is 8.55. The van der Waals surface area contributed by atoms with Gasteiger partial charge in [-0.15, -0.1) is 11.8 Å². The Labute approximate surface area is 76.3 Å². The molecule has 2 aliphatic rings. The second-order valence-corrected chi connectivity index (χ2v) is 3.70. The Kier molecular flexibility index (Phi) is 1.97. The molecule has 62 valence electrons. The van der Waals surface area contributed by atoms with Gasteiger partial charge >= 0.3 is 0 Å². The average Bonchev–Trinajstić information content (AvgIpc) is 2.49. The quantitative estimate of drug-likeness (QED) is 0.565. The van der Waals surface area contributed by atoms with Crippen LogP contribution in [0.3, 0.4) is 0 Å². The summed E-state index contributed by atoms with van der Waals surface area (Å²) in [6, 6.07) is 0. The van der Waals surface area contributed by atoms with Crippen LogP contribution in [0.15, 0.2) is 22.8 Å². The van der Waals surface area contributed by atoms with Crippen LogP contribution in [0, 0.1) is 5.75 Å². The van der Waals surface area contributed by atoms with Gasteiger partial charge in [-0.3, -0.25) is 4.79 Å². The first-order chi connectivity index (χ1) is 5.79. The highest BCUT2D eigenvalue weighted by atomic mass is 32.2. The lowest BCUT2D eigenvalue weighted by molar-refractivity contribution is -0.126. The summed E-state index contributed by atoms with van der Waals surface area (Å²) in [7, 11) is 0. The third kappa shape index (κ3) is 1.18. The maximum atomic E-state index is 11.2. The summed E-state index contributed by atoms with van der Waals surface area (Å²) in [6.45, 7) is 2.32. The highest BCUT2D eigenvalue weighted by Crippen LogP contribution is 2.39. The van der Waals surface area contributed by atoms with Gasteiger partial charge in [0.1, 0.15) is 0 Å². The number of nitrogens with zero attached hydrogens (tertiary/aromatic N) is 1. The summed E-state index contributed by atoms with van der Waals surface area (Å²) in [4.78, 5) is 14.1. The van der Waals surface area contributed by atoms with Gasteiger partial charge in [0.05, 0.1) is 5.75 Å². The molecule has 0 unspecified atom stereocenters. The molecular weight excluding hydrogens is 170 g/mol. The number of carbonyl (C=O) groups excluding carboxylic acids is 1. The lowest BCUT2D eigenvalue weighted by Crippen LogP contribution is -2.29. The standard InChI is InChI=1S/C9H9NOS/c1-7(11)10-5-2-3-9-8(10)4-6-12-9/h2-3H,4-5H2,1H3. The predicted octanol–water partition coefficient (Wildman–Crippen LogP) is 1.79. The second kappa shape index (κ2) is 2.98. The van der Waals surface area contributed by atoms with Crippen LogP contribution in [0.2, 0.25) is 0 Å². The van der Waals surface area contributed by atoms with Crippen LogP contribution in [-0.4, -0.2) is 17.4 Å². The highest BCUT2D eigenvalue weighted by molar-refractivity contribution is 8.05. The SMILES string of the molecule is CC(=O)N1CC=CC2=C1C[C]S2. The van der Waals surface area contributed by atoms with Gasteiger partial charge in [-0.25, -0.2) is 0 Å². The molecule has 0 aliphatic carbocycles. The topological polar surface area (TPSA) is 20.3 Å². The minimum atomic E-state index is 0.121. The lowest BCUT2D eigenvalue weighted by atomic mass is 10.2. The van der Waals surface area contributed by atoms with Crippen molar-refractivity contribution in [2.75, 3.05) is 6.54 Å². The molecule has 0 N–H and O–H groups in total. The molecule has 2 nitrogen and oxygen atoms in total. The molecule has 0 bridgehead atoms. The zero-order valence-corrected chi connectivity index (χ0v) is 7.65. The third-order valence-corrected chi connectivity index (χ3v) is 2.85. The normalized spacial score (nSPS) is 21.6. The molecule has 0 saturated heterocycles. The molecular formula is C9H9NOS. The van der Waals surface area contributed by atoms with Gasteiger partial charge in [0.25, 0.3) is 0 Å². The Hall–Kier alpha value is -0.700. The number of rotatable bonds is 0. The molecule has 3 heteroatoms. The van der Waals surface area contributed by atoms with Crippen molar-refractivity contribution in [1.29, 1.82) is 0 Å². The first-order valence-electron chi connectivity index (χ1n) is 3.86. The van der Waals surface area contributed by atoms with Gasteiger partial charge in [-0.05, 0) is 6.08 Å². The molecule has 12 heavy (non-hydrogen) atoms. The van der Waals surface area contributed by atoms with E-state index in [1.54, 1.807) is 18.7 Å². The van der Waals surface area contributed by atoms with E-state index >= 15 is 0 Å². The zero-order valence-electron chi connectivity index (χ0n) is 6.83. The van der Waals surface area contributed by atoms with Crippen LogP contribution in [0.5, 0.6) is 0 Å². The summed E-state index contributed by atoms with van der Waals surface area (Å²) in [5.74, 6) is 3.27. The van der Waals surface area contributed by atoms with E-state index in [0.29, 0.717) is 0 Å². The van der Waals surface area contributed by atoms with Crippen LogP contribution < -0.4 is 0 Å². The molecule has 0 aromatic rings. The van der Waals surface area contributed by atoms with E-state index in [1.165, 1.54) is 4.91 Å². The number of carbonyl (C=O) groups is 1. The van der Waals surface area contributed by atoms with Crippen LogP contribution >= 0.6 is 11.8 Å². The fraction of sp³-hybridized carbons (Fsp3) is 0.333. The summed E-state index contributed by atoms with van der Waals surface area (Å²) in [5, 5.41) is 0. The van der Waals surface area contributed by atoms with E-state index in [-0.39, 0.29) is 5.91 Å². The Bertz CT molecular complexity index is 280. The van der Waals surface area contributed by atoms with Crippen molar-refractivity contribution in [2.24, 2.45) is 0 Å². The van der Waals surface area contributed by atoms with E-state index in [1.807, 2.05) is 11.0 Å². The maximum absolute atomic E-state index is 11.2. The molecule has 0 aromatic carbocycles. The first-order valence-corrected chi connectivity index (χ1v) is 4.68. The summed E-state index contributed by atoms with van der Waals surface area (Å²) < 4.78 is 0. The number of hydrogen-bond acceptors (Lipinski definition) is 2. The van der Waals surface area contributed by atoms with Gasteiger partial charge in [-0.1, -0.05) is 6.08 Å². The van der Waals surface area contributed by atoms with Gasteiger partial charge in [0, 0.05) is 30.5 Å². The number of hydrogen-bond donors (Lipinski definition) is 0. The van der Waals surface area contributed by atoms with E-state index in [9.17, 15) is 4.79 Å². The van der Waals surface area contributed by atoms with Gasteiger partial charge < -0.3 is 4.90 Å². The summed E-state index contributed by atoms with van der Waals surface area (Å²) >= 11 is 1.60. The van der Waals surface area contributed by atoms with Crippen molar-refractivity contribution in [3.05, 3.63) is 28.5 Å². The molecule has 0 spiro atoms. The van der Waals surface area contributed by atoms with Crippen molar-refractivity contribution in [2.45, 2.75) is 13.3 Å². The second-order valence-electron chi connectivity index (χ2n) is 2.77. The Morgan fingerprint density at radius 3 is 3.33 bits per heavy atom. The summed E-state index contributed by atoms with van der Waals surface area (Å²) in [6.07, 6.45) is 4.88. The van der Waals surface area contributed by atoms with Gasteiger partial charge in [-0.2, -0.15) is 0 Å². The molecule has 0 atom stereocenters. The van der Waals surface area contributed by atoms with Crippen LogP contribution in [0.4, 0.5) is 0 Å². The fourth-order valence-electron chi connectivity index (χ4n) is 1.38. The molecule has 0 fully saturated rings. The Morgan fingerprint density at radius 2 is 2.58 bits per heavy atom. The maximum Gasteiger partial charge on any atom is 0.223 e. The van der Waals surface area contributed by atoms with Crippen LogP contribution in [0.1, 0.15) is 13.3 Å². The number of thioether (sulfide) groups is 1. The first kappa shape index (κ1) is 7.92. The monoisotopic (exact) mass is 179 g/mol. The van der Waals surface area contributed by atoms with Crippen molar-refractivity contribution >= 4 is 17.7 Å². The Morgan fingerprint density at radius 1 is 1.75 bits per heavy atom. The van der Waals surface area contributed by atoms with Crippen molar-refractivity contribution in [3.8, 4) is 0 Å². The highest BCUT2D eigenvalue weighted by Gasteiger charge is 2.24. The molecule has 2 heterocycles. The van der Waals surface area contributed by atoms with E-state index < -0.39 is 0 Å². The minimum Gasteiger partial charge on any atom is -0.311 e. The summed E-state index contributed by atoms with van der Waals surface area (Å²) in [5.41, 5.74) is 1.12. The predicted molar refractivity (Wildman–Crippen MR) is 49.0 cm³/mol. The number of amides is 1. The molecule has 1 amide bonds. The van der Waals surface area contributed by atoms with Gasteiger partial charge in [0.2, 0.25) is 5.91 Å². The molecule has 2 radical (unpaired) electrons. The average molecular weight is 179 g/mol. The minimum absolute atomic E-state index is 0.121. The van der Waals surface area contributed by atoms with E-state index in [0.717, 1.165) is 18.7 Å². The molecule has 2 aliphatic heterocycles. The van der Waals surface area contributed by atoms with E-state index in [4.69, 9.17) is 0 Å². The fourth-order valence-corrected chi connectivity index (χ4v) is 2.21. The van der Waals surface area contributed by atoms with Crippen molar-refractivity contribution in [1.82, 2.24) is 4.90 Å². The largest absolute Gasteiger partial charge is 0.311 e. The van der Waals surface area contributed by atoms with Crippen molar-refractivity contribution in [3.63, 3.8) is 0 Å².